The van der Waals surface area contributed by atoms with Crippen molar-refractivity contribution < 1.29 is 18.6 Å². The second kappa shape index (κ2) is 7.68. The molecule has 4 aromatic rings. The van der Waals surface area contributed by atoms with Crippen LogP contribution in [0, 0.1) is 12.1 Å². The fraction of sp³-hybridized carbons (Fsp3) is 0. The first-order valence-corrected chi connectivity index (χ1v) is 6.64. The van der Waals surface area contributed by atoms with E-state index in [1.54, 1.807) is 0 Å². The van der Waals surface area contributed by atoms with Gasteiger partial charge in [-0.25, -0.2) is 0 Å². The van der Waals surface area contributed by atoms with Crippen molar-refractivity contribution in [2.45, 2.75) is 0 Å². The van der Waals surface area contributed by atoms with Crippen molar-refractivity contribution >= 4 is 21.5 Å². The maximum Gasteiger partial charge on any atom is 2.00 e. The number of rotatable bonds is 0. The third-order valence-corrected chi connectivity index (χ3v) is 3.14. The molecule has 0 unspecified atom stereocenters. The average Bonchev–Trinajstić information content (AvgIpc) is 2.56. The molecule has 1 radical (unpaired) electrons. The molecule has 0 aromatic heterocycles. The zero-order chi connectivity index (χ0) is 13.6. The summed E-state index contributed by atoms with van der Waals surface area (Å²) in [5.41, 5.74) is 0. The van der Waals surface area contributed by atoms with Gasteiger partial charge >= 0.3 is 18.6 Å². The quantitative estimate of drug-likeness (QED) is 0.388. The van der Waals surface area contributed by atoms with Gasteiger partial charge in [-0.1, -0.05) is 24.3 Å². The van der Waals surface area contributed by atoms with Crippen LogP contribution in [0.2, 0.25) is 0 Å². The van der Waals surface area contributed by atoms with Gasteiger partial charge < -0.3 is 0 Å². The molecule has 0 bridgehead atoms. The van der Waals surface area contributed by atoms with Crippen LogP contribution in [0.15, 0.2) is 84.9 Å². The van der Waals surface area contributed by atoms with E-state index in [0.717, 1.165) is 0 Å². The van der Waals surface area contributed by atoms with Crippen molar-refractivity contribution in [2.75, 3.05) is 0 Å². The van der Waals surface area contributed by atoms with E-state index < -0.39 is 0 Å². The Kier molecular flexibility index (Phi) is 5.63. The Hall–Kier alpha value is -2.02. The molecule has 4 aromatic carbocycles. The molecule has 0 spiro atoms. The third kappa shape index (κ3) is 3.98. The van der Waals surface area contributed by atoms with E-state index in [1.165, 1.54) is 21.5 Å². The zero-order valence-corrected chi connectivity index (χ0v) is 12.9. The predicted molar refractivity (Wildman–Crippen MR) is 85.6 cm³/mol. The van der Waals surface area contributed by atoms with Gasteiger partial charge in [-0.15, -0.1) is 94.3 Å². The molecule has 0 saturated heterocycles. The number of fused-ring (bicyclic) bond motifs is 2. The first kappa shape index (κ1) is 15.4. The molecule has 1 heteroatoms. The summed E-state index contributed by atoms with van der Waals surface area (Å²) in [5.74, 6) is 0. The van der Waals surface area contributed by atoms with E-state index >= 15 is 0 Å². The third-order valence-electron chi connectivity index (χ3n) is 3.14. The van der Waals surface area contributed by atoms with Crippen LogP contribution in [0.5, 0.6) is 0 Å². The van der Waals surface area contributed by atoms with Crippen molar-refractivity contribution in [1.29, 1.82) is 0 Å². The normalized spacial score (nSPS) is 9.52. The summed E-state index contributed by atoms with van der Waals surface area (Å²) in [6.45, 7) is 0. The molecule has 0 N–H and O–H groups in total. The second-order valence-corrected chi connectivity index (χ2v) is 4.51. The van der Waals surface area contributed by atoms with Gasteiger partial charge in [0, 0.05) is 0 Å². The van der Waals surface area contributed by atoms with Crippen LogP contribution in [-0.4, -0.2) is 0 Å². The topological polar surface area (TPSA) is 0 Å². The van der Waals surface area contributed by atoms with E-state index in [0.29, 0.717) is 0 Å². The Balaban J connectivity index is 0.000000147. The van der Waals surface area contributed by atoms with Crippen LogP contribution in [-0.2, 0) is 18.6 Å². The summed E-state index contributed by atoms with van der Waals surface area (Å²) in [7, 11) is 0. The molecule has 0 saturated carbocycles. The van der Waals surface area contributed by atoms with Crippen LogP contribution < -0.4 is 0 Å². The number of benzene rings is 4. The SMILES string of the molecule is [V+2].[c-]1cccc2ccccc12.[c-]1cccc2ccccc12. The van der Waals surface area contributed by atoms with Crippen LogP contribution >= 0.6 is 0 Å². The van der Waals surface area contributed by atoms with Gasteiger partial charge in [0.25, 0.3) is 0 Å². The number of hydrogen-bond donors (Lipinski definition) is 0. The van der Waals surface area contributed by atoms with Crippen molar-refractivity contribution in [3.8, 4) is 0 Å². The Morgan fingerprint density at radius 2 is 0.857 bits per heavy atom. The molecule has 0 aliphatic heterocycles. The largest absolute Gasteiger partial charge is 2.00 e. The monoisotopic (exact) mass is 305 g/mol. The summed E-state index contributed by atoms with van der Waals surface area (Å²) in [6, 6.07) is 34.8. The minimum absolute atomic E-state index is 0. The Bertz CT molecular complexity index is 619. The minimum atomic E-state index is 0. The zero-order valence-electron chi connectivity index (χ0n) is 11.5. The fourth-order valence-electron chi connectivity index (χ4n) is 2.13. The Morgan fingerprint density at radius 3 is 1.29 bits per heavy atom. The Labute approximate surface area is 137 Å². The van der Waals surface area contributed by atoms with Gasteiger partial charge in [0.2, 0.25) is 0 Å². The maximum absolute atomic E-state index is 3.15. The number of hydrogen-bond acceptors (Lipinski definition) is 0. The van der Waals surface area contributed by atoms with E-state index in [9.17, 15) is 0 Å². The molecular formula is C20H14V. The van der Waals surface area contributed by atoms with Gasteiger partial charge in [-0.3, -0.25) is 0 Å². The molecule has 0 amide bonds. The van der Waals surface area contributed by atoms with Gasteiger partial charge in [-0.2, -0.15) is 0 Å². The van der Waals surface area contributed by atoms with E-state index in [1.807, 2.05) is 48.5 Å². The van der Waals surface area contributed by atoms with Gasteiger partial charge in [-0.05, 0) is 0 Å². The smallest absolute Gasteiger partial charge is 0.147 e. The molecule has 0 aliphatic rings. The summed E-state index contributed by atoms with van der Waals surface area (Å²) in [6.07, 6.45) is 0. The molecule has 0 atom stereocenters. The summed E-state index contributed by atoms with van der Waals surface area (Å²) in [4.78, 5) is 0. The van der Waals surface area contributed by atoms with Crippen LogP contribution in [0.3, 0.4) is 0 Å². The van der Waals surface area contributed by atoms with Gasteiger partial charge in [0.05, 0.1) is 0 Å². The molecule has 0 nitrogen and oxygen atoms in total. The van der Waals surface area contributed by atoms with E-state index in [2.05, 4.69) is 48.5 Å². The Morgan fingerprint density at radius 1 is 0.476 bits per heavy atom. The standard InChI is InChI=1S/2C10H7.V/c2*1-2-6-10-8-4-3-7-9(10)5-1;/h2*1-7H;/q2*-1;+2. The summed E-state index contributed by atoms with van der Waals surface area (Å²) >= 11 is 0. The van der Waals surface area contributed by atoms with Crippen LogP contribution in [0.1, 0.15) is 0 Å². The first-order chi connectivity index (χ1) is 9.93. The first-order valence-electron chi connectivity index (χ1n) is 6.64. The maximum atomic E-state index is 3.15. The minimum Gasteiger partial charge on any atom is -0.147 e. The van der Waals surface area contributed by atoms with Gasteiger partial charge in [0.15, 0.2) is 0 Å². The fourth-order valence-corrected chi connectivity index (χ4v) is 2.13. The summed E-state index contributed by atoms with van der Waals surface area (Å²) < 4.78 is 0. The van der Waals surface area contributed by atoms with Crippen LogP contribution in [0.4, 0.5) is 0 Å². The van der Waals surface area contributed by atoms with Crippen molar-refractivity contribution in [1.82, 2.24) is 0 Å². The molecule has 4 rings (SSSR count). The molecule has 0 fully saturated rings. The molecule has 99 valence electrons. The molecule has 0 aliphatic carbocycles. The molecule has 21 heavy (non-hydrogen) atoms. The second-order valence-electron chi connectivity index (χ2n) is 4.51. The van der Waals surface area contributed by atoms with Crippen molar-refractivity contribution in [2.24, 2.45) is 0 Å². The van der Waals surface area contributed by atoms with E-state index in [-0.39, 0.29) is 18.6 Å². The van der Waals surface area contributed by atoms with E-state index in [4.69, 9.17) is 0 Å². The molecular weight excluding hydrogens is 291 g/mol. The van der Waals surface area contributed by atoms with Gasteiger partial charge in [0.1, 0.15) is 0 Å². The summed E-state index contributed by atoms with van der Waals surface area (Å²) in [5, 5.41) is 4.88. The predicted octanol–water partition coefficient (Wildman–Crippen LogP) is 5.28. The van der Waals surface area contributed by atoms with Crippen molar-refractivity contribution in [3.05, 3.63) is 97.1 Å². The molecule has 0 heterocycles. The van der Waals surface area contributed by atoms with Crippen LogP contribution in [0.25, 0.3) is 21.5 Å². The average molecular weight is 305 g/mol. The van der Waals surface area contributed by atoms with Crippen molar-refractivity contribution in [3.63, 3.8) is 0 Å².